The summed E-state index contributed by atoms with van der Waals surface area (Å²) in [5.74, 6) is 0.785. The number of rotatable bonds is 7. The van der Waals surface area contributed by atoms with Crippen molar-refractivity contribution in [2.45, 2.75) is 83.7 Å². The molecule has 2 aliphatic rings. The van der Waals surface area contributed by atoms with Gasteiger partial charge in [-0.05, 0) is 51.0 Å². The Hall–Kier alpha value is -1.36. The van der Waals surface area contributed by atoms with Crippen molar-refractivity contribution in [2.24, 2.45) is 5.92 Å². The molecule has 0 radical (unpaired) electrons. The molecule has 5 nitrogen and oxygen atoms in total. The summed E-state index contributed by atoms with van der Waals surface area (Å²) in [4.78, 5) is 14.4. The highest BCUT2D eigenvalue weighted by Gasteiger charge is 2.30. The summed E-state index contributed by atoms with van der Waals surface area (Å²) in [6.07, 6.45) is 12.3. The molecule has 0 spiro atoms. The number of aromatic nitrogens is 2. The molecule has 1 heterocycles. The predicted molar refractivity (Wildman–Crippen MR) is 106 cm³/mol. The Kier molecular flexibility index (Phi) is 6.74. The third-order valence-electron chi connectivity index (χ3n) is 6.07. The van der Waals surface area contributed by atoms with Gasteiger partial charge in [0.05, 0.1) is 0 Å². The molecule has 1 atom stereocenters. The molecule has 0 saturated heterocycles. The largest absolute Gasteiger partial charge is 0.343 e. The van der Waals surface area contributed by atoms with E-state index >= 15 is 0 Å². The highest BCUT2D eigenvalue weighted by molar-refractivity contribution is 5.93. The van der Waals surface area contributed by atoms with Crippen LogP contribution < -0.4 is 5.32 Å². The molecule has 0 bridgehead atoms. The molecule has 0 aromatic carbocycles. The molecule has 3 rings (SSSR count). The number of nitrogens with one attached hydrogen (secondary N) is 1. The second-order valence-corrected chi connectivity index (χ2v) is 8.41. The van der Waals surface area contributed by atoms with Gasteiger partial charge in [-0.2, -0.15) is 5.10 Å². The fraction of sp³-hybridized carbons (Fsp3) is 0.810. The summed E-state index contributed by atoms with van der Waals surface area (Å²) in [7, 11) is 3.66. The van der Waals surface area contributed by atoms with Crippen LogP contribution in [-0.4, -0.2) is 47.3 Å². The van der Waals surface area contributed by atoms with Crippen LogP contribution in [0, 0.1) is 5.92 Å². The van der Waals surface area contributed by atoms with E-state index in [9.17, 15) is 4.79 Å². The Morgan fingerprint density at radius 2 is 2.00 bits per heavy atom. The van der Waals surface area contributed by atoms with Crippen LogP contribution in [0.25, 0.3) is 0 Å². The minimum absolute atomic E-state index is 0.0536. The zero-order valence-electron chi connectivity index (χ0n) is 16.9. The van der Waals surface area contributed by atoms with E-state index in [4.69, 9.17) is 5.10 Å². The quantitative estimate of drug-likeness (QED) is 0.758. The maximum absolute atomic E-state index is 12.7. The minimum atomic E-state index is 0.0536. The smallest absolute Gasteiger partial charge is 0.274 e. The molecule has 5 heteroatoms. The van der Waals surface area contributed by atoms with Gasteiger partial charge in [-0.1, -0.05) is 32.6 Å². The van der Waals surface area contributed by atoms with E-state index in [1.807, 2.05) is 14.1 Å². The van der Waals surface area contributed by atoms with Crippen LogP contribution in [0.3, 0.4) is 0 Å². The number of nitrogens with zero attached hydrogens (tertiary/aromatic N) is 3. The van der Waals surface area contributed by atoms with E-state index in [1.165, 1.54) is 56.2 Å². The molecule has 1 saturated carbocycles. The van der Waals surface area contributed by atoms with Gasteiger partial charge in [0, 0.05) is 37.9 Å². The fourth-order valence-electron chi connectivity index (χ4n) is 4.49. The lowest BCUT2D eigenvalue weighted by Crippen LogP contribution is -2.36. The first-order valence-electron chi connectivity index (χ1n) is 10.6. The Labute approximate surface area is 158 Å². The fourth-order valence-corrected chi connectivity index (χ4v) is 4.49. The first-order chi connectivity index (χ1) is 12.6. The van der Waals surface area contributed by atoms with Gasteiger partial charge >= 0.3 is 0 Å². The molecule has 1 fully saturated rings. The van der Waals surface area contributed by atoms with Crippen molar-refractivity contribution >= 4 is 5.91 Å². The van der Waals surface area contributed by atoms with Gasteiger partial charge in [-0.3, -0.25) is 9.48 Å². The maximum Gasteiger partial charge on any atom is 0.274 e. The standard InChI is InChI=1S/C21H36N4O/c1-4-5-13-22-17-11-12-19-18(14-17)20(21(26)24(2)3)23-25(19)15-16-9-7-6-8-10-16/h16-17,22H,4-15H2,1-3H3. The Bertz CT molecular complexity index is 601. The van der Waals surface area contributed by atoms with Crippen molar-refractivity contribution in [3.05, 3.63) is 17.0 Å². The molecular formula is C21H36N4O. The normalized spacial score (nSPS) is 20.8. The van der Waals surface area contributed by atoms with Gasteiger partial charge in [-0.15, -0.1) is 0 Å². The summed E-state index contributed by atoms with van der Waals surface area (Å²) in [6, 6.07) is 0.482. The van der Waals surface area contributed by atoms with E-state index < -0.39 is 0 Å². The summed E-state index contributed by atoms with van der Waals surface area (Å²) < 4.78 is 2.20. The lowest BCUT2D eigenvalue weighted by molar-refractivity contribution is 0.0819. The highest BCUT2D eigenvalue weighted by atomic mass is 16.2. The van der Waals surface area contributed by atoms with Gasteiger partial charge < -0.3 is 10.2 Å². The monoisotopic (exact) mass is 360 g/mol. The molecule has 1 N–H and O–H groups in total. The zero-order valence-corrected chi connectivity index (χ0v) is 16.9. The first-order valence-corrected chi connectivity index (χ1v) is 10.6. The zero-order chi connectivity index (χ0) is 18.5. The number of hydrogen-bond acceptors (Lipinski definition) is 3. The van der Waals surface area contributed by atoms with Crippen molar-refractivity contribution in [1.82, 2.24) is 20.0 Å². The second-order valence-electron chi connectivity index (χ2n) is 8.41. The highest BCUT2D eigenvalue weighted by Crippen LogP contribution is 2.29. The third-order valence-corrected chi connectivity index (χ3v) is 6.07. The molecular weight excluding hydrogens is 324 g/mol. The van der Waals surface area contributed by atoms with Gasteiger partial charge in [-0.25, -0.2) is 0 Å². The van der Waals surface area contributed by atoms with Crippen molar-refractivity contribution in [1.29, 1.82) is 0 Å². The van der Waals surface area contributed by atoms with E-state index in [0.29, 0.717) is 11.7 Å². The van der Waals surface area contributed by atoms with Gasteiger partial charge in [0.1, 0.15) is 0 Å². The number of amides is 1. The number of carbonyl (C=O) groups is 1. The van der Waals surface area contributed by atoms with Gasteiger partial charge in [0.2, 0.25) is 0 Å². The second kappa shape index (κ2) is 9.03. The predicted octanol–water partition coefficient (Wildman–Crippen LogP) is 3.41. The summed E-state index contributed by atoms with van der Waals surface area (Å²) >= 11 is 0. The topological polar surface area (TPSA) is 50.2 Å². The Morgan fingerprint density at radius 3 is 2.69 bits per heavy atom. The SMILES string of the molecule is CCCCNC1CCc2c(c(C(=O)N(C)C)nn2CC2CCCCC2)C1. The number of carbonyl (C=O) groups excluding carboxylic acids is 1. The lowest BCUT2D eigenvalue weighted by atomic mass is 9.88. The number of unbranched alkanes of at least 4 members (excludes halogenated alkanes) is 1. The third kappa shape index (κ3) is 4.48. The molecule has 0 aliphatic heterocycles. The van der Waals surface area contributed by atoms with Crippen LogP contribution in [0.1, 0.15) is 80.0 Å². The van der Waals surface area contributed by atoms with Crippen molar-refractivity contribution < 1.29 is 4.79 Å². The Balaban J connectivity index is 1.79. The van der Waals surface area contributed by atoms with Crippen LogP contribution in [0.4, 0.5) is 0 Å². The van der Waals surface area contributed by atoms with E-state index in [2.05, 4.69) is 16.9 Å². The van der Waals surface area contributed by atoms with Crippen molar-refractivity contribution in [3.8, 4) is 0 Å². The van der Waals surface area contributed by atoms with Crippen molar-refractivity contribution in [2.75, 3.05) is 20.6 Å². The van der Waals surface area contributed by atoms with Gasteiger partial charge in [0.15, 0.2) is 5.69 Å². The molecule has 146 valence electrons. The van der Waals surface area contributed by atoms with E-state index in [-0.39, 0.29) is 5.91 Å². The maximum atomic E-state index is 12.7. The number of hydrogen-bond donors (Lipinski definition) is 1. The average molecular weight is 361 g/mol. The van der Waals surface area contributed by atoms with E-state index in [1.54, 1.807) is 4.90 Å². The van der Waals surface area contributed by atoms with Crippen LogP contribution in [0.5, 0.6) is 0 Å². The average Bonchev–Trinajstić information content (AvgIpc) is 3.00. The Morgan fingerprint density at radius 1 is 1.23 bits per heavy atom. The summed E-state index contributed by atoms with van der Waals surface area (Å²) in [6.45, 7) is 4.30. The van der Waals surface area contributed by atoms with Crippen molar-refractivity contribution in [3.63, 3.8) is 0 Å². The molecule has 1 aromatic heterocycles. The summed E-state index contributed by atoms with van der Waals surface area (Å²) in [5.41, 5.74) is 3.23. The molecule has 2 aliphatic carbocycles. The van der Waals surface area contributed by atoms with E-state index in [0.717, 1.165) is 38.3 Å². The number of fused-ring (bicyclic) bond motifs is 1. The van der Waals surface area contributed by atoms with Crippen LogP contribution in [0.15, 0.2) is 0 Å². The molecule has 1 amide bonds. The minimum Gasteiger partial charge on any atom is -0.343 e. The van der Waals surface area contributed by atoms with Gasteiger partial charge in [0.25, 0.3) is 5.91 Å². The van der Waals surface area contributed by atoms with Crippen LogP contribution in [-0.2, 0) is 19.4 Å². The summed E-state index contributed by atoms with van der Waals surface area (Å²) in [5, 5.41) is 8.52. The molecule has 1 aromatic rings. The lowest BCUT2D eigenvalue weighted by Gasteiger charge is -2.26. The first kappa shape index (κ1) is 19.4. The molecule has 1 unspecified atom stereocenters. The molecule has 26 heavy (non-hydrogen) atoms. The van der Waals surface area contributed by atoms with Crippen LogP contribution >= 0.6 is 0 Å². The van der Waals surface area contributed by atoms with Crippen LogP contribution in [0.2, 0.25) is 0 Å².